The van der Waals surface area contributed by atoms with Gasteiger partial charge in [-0.1, -0.05) is 29.8 Å². The SMILES string of the molecule is CC(O)c1ccccc1NC(=O)c1cc(Cl)ccc1O. The van der Waals surface area contributed by atoms with Gasteiger partial charge in [-0.15, -0.1) is 0 Å². The average molecular weight is 292 g/mol. The maximum absolute atomic E-state index is 12.2. The van der Waals surface area contributed by atoms with Crippen molar-refractivity contribution in [2.45, 2.75) is 13.0 Å². The molecule has 0 aliphatic carbocycles. The van der Waals surface area contributed by atoms with Crippen molar-refractivity contribution >= 4 is 23.2 Å². The number of aromatic hydroxyl groups is 1. The van der Waals surface area contributed by atoms with E-state index < -0.39 is 12.0 Å². The van der Waals surface area contributed by atoms with E-state index in [-0.39, 0.29) is 11.3 Å². The number of hydrogen-bond donors (Lipinski definition) is 3. The number of aliphatic hydroxyl groups is 1. The van der Waals surface area contributed by atoms with E-state index in [1.807, 2.05) is 0 Å². The predicted octanol–water partition coefficient (Wildman–Crippen LogP) is 3.35. The zero-order chi connectivity index (χ0) is 14.7. The predicted molar refractivity (Wildman–Crippen MR) is 78.1 cm³/mol. The average Bonchev–Trinajstić information content (AvgIpc) is 2.41. The smallest absolute Gasteiger partial charge is 0.259 e. The van der Waals surface area contributed by atoms with E-state index in [4.69, 9.17) is 11.6 Å². The molecule has 2 rings (SSSR count). The van der Waals surface area contributed by atoms with E-state index in [1.54, 1.807) is 31.2 Å². The molecule has 1 atom stereocenters. The summed E-state index contributed by atoms with van der Waals surface area (Å²) in [5.41, 5.74) is 1.17. The Morgan fingerprint density at radius 1 is 1.25 bits per heavy atom. The molecule has 104 valence electrons. The van der Waals surface area contributed by atoms with Gasteiger partial charge in [0.25, 0.3) is 5.91 Å². The van der Waals surface area contributed by atoms with Gasteiger partial charge < -0.3 is 15.5 Å². The van der Waals surface area contributed by atoms with Crippen LogP contribution < -0.4 is 5.32 Å². The van der Waals surface area contributed by atoms with Crippen molar-refractivity contribution in [3.63, 3.8) is 0 Å². The van der Waals surface area contributed by atoms with Crippen molar-refractivity contribution in [1.29, 1.82) is 0 Å². The summed E-state index contributed by atoms with van der Waals surface area (Å²) >= 11 is 5.81. The standard InChI is InChI=1S/C15H14ClNO3/c1-9(18)11-4-2-3-5-13(11)17-15(20)12-8-10(16)6-7-14(12)19/h2-9,18-19H,1H3,(H,17,20). The van der Waals surface area contributed by atoms with Gasteiger partial charge in [0.05, 0.1) is 11.7 Å². The Labute approximate surface area is 121 Å². The summed E-state index contributed by atoms with van der Waals surface area (Å²) < 4.78 is 0. The second kappa shape index (κ2) is 5.94. The Kier molecular flexibility index (Phi) is 4.27. The number of para-hydroxylation sites is 1. The molecule has 5 heteroatoms. The molecule has 2 aromatic carbocycles. The molecular weight excluding hydrogens is 278 g/mol. The molecule has 3 N–H and O–H groups in total. The van der Waals surface area contributed by atoms with Crippen LogP contribution in [0.25, 0.3) is 0 Å². The molecule has 0 fully saturated rings. The molecule has 0 aliphatic heterocycles. The molecule has 4 nitrogen and oxygen atoms in total. The summed E-state index contributed by atoms with van der Waals surface area (Å²) in [5.74, 6) is -0.639. The van der Waals surface area contributed by atoms with Crippen molar-refractivity contribution in [1.82, 2.24) is 0 Å². The van der Waals surface area contributed by atoms with Gasteiger partial charge in [-0.05, 0) is 31.2 Å². The number of aliphatic hydroxyl groups excluding tert-OH is 1. The van der Waals surface area contributed by atoms with Crippen LogP contribution in [0, 0.1) is 0 Å². The molecule has 0 heterocycles. The largest absolute Gasteiger partial charge is 0.507 e. The van der Waals surface area contributed by atoms with Crippen LogP contribution in [-0.2, 0) is 0 Å². The summed E-state index contributed by atoms with van der Waals surface area (Å²) in [5, 5.41) is 22.4. The highest BCUT2D eigenvalue weighted by atomic mass is 35.5. The second-order valence-electron chi connectivity index (χ2n) is 4.38. The van der Waals surface area contributed by atoms with Crippen LogP contribution in [0.15, 0.2) is 42.5 Å². The molecule has 0 saturated heterocycles. The highest BCUT2D eigenvalue weighted by molar-refractivity contribution is 6.31. The van der Waals surface area contributed by atoms with Crippen LogP contribution in [0.1, 0.15) is 28.9 Å². The molecule has 20 heavy (non-hydrogen) atoms. The first-order valence-corrected chi connectivity index (χ1v) is 6.43. The topological polar surface area (TPSA) is 69.6 Å². The third-order valence-corrected chi connectivity index (χ3v) is 3.10. The van der Waals surface area contributed by atoms with Gasteiger partial charge in [0.1, 0.15) is 5.75 Å². The van der Waals surface area contributed by atoms with E-state index in [0.29, 0.717) is 16.3 Å². The Hall–Kier alpha value is -2.04. The number of benzene rings is 2. The van der Waals surface area contributed by atoms with Crippen LogP contribution >= 0.6 is 11.6 Å². The van der Waals surface area contributed by atoms with Gasteiger partial charge >= 0.3 is 0 Å². The molecule has 0 radical (unpaired) electrons. The molecule has 0 aromatic heterocycles. The van der Waals surface area contributed by atoms with Crippen LogP contribution in [0.3, 0.4) is 0 Å². The Balaban J connectivity index is 2.31. The zero-order valence-corrected chi connectivity index (χ0v) is 11.6. The number of phenolic OH excluding ortho intramolecular Hbond substituents is 1. The molecule has 0 spiro atoms. The fourth-order valence-corrected chi connectivity index (χ4v) is 2.03. The molecule has 0 aliphatic rings. The van der Waals surface area contributed by atoms with E-state index in [9.17, 15) is 15.0 Å². The lowest BCUT2D eigenvalue weighted by Gasteiger charge is -2.13. The van der Waals surface area contributed by atoms with Crippen LogP contribution in [0.5, 0.6) is 5.75 Å². The maximum atomic E-state index is 12.2. The summed E-state index contributed by atoms with van der Waals surface area (Å²) in [7, 11) is 0. The lowest BCUT2D eigenvalue weighted by molar-refractivity contribution is 0.102. The summed E-state index contributed by atoms with van der Waals surface area (Å²) in [6.07, 6.45) is -0.709. The summed E-state index contributed by atoms with van der Waals surface area (Å²) in [4.78, 5) is 12.2. The minimum absolute atomic E-state index is 0.0814. The Bertz CT molecular complexity index is 641. The van der Waals surface area contributed by atoms with Gasteiger partial charge in [0.2, 0.25) is 0 Å². The number of phenols is 1. The zero-order valence-electron chi connectivity index (χ0n) is 10.8. The van der Waals surface area contributed by atoms with E-state index in [0.717, 1.165) is 0 Å². The van der Waals surface area contributed by atoms with Crippen molar-refractivity contribution in [3.05, 3.63) is 58.6 Å². The molecule has 1 amide bonds. The molecule has 2 aromatic rings. The van der Waals surface area contributed by atoms with Gasteiger partial charge in [-0.2, -0.15) is 0 Å². The number of amides is 1. The van der Waals surface area contributed by atoms with Crippen LogP contribution in [-0.4, -0.2) is 16.1 Å². The molecule has 0 bridgehead atoms. The fraction of sp³-hybridized carbons (Fsp3) is 0.133. The first kappa shape index (κ1) is 14.4. The third-order valence-electron chi connectivity index (χ3n) is 2.86. The highest BCUT2D eigenvalue weighted by Gasteiger charge is 2.14. The van der Waals surface area contributed by atoms with Crippen molar-refractivity contribution in [3.8, 4) is 5.75 Å². The van der Waals surface area contributed by atoms with Gasteiger partial charge in [-0.3, -0.25) is 4.79 Å². The van der Waals surface area contributed by atoms with Gasteiger partial charge in [0.15, 0.2) is 0 Å². The van der Waals surface area contributed by atoms with E-state index in [1.165, 1.54) is 18.2 Å². The van der Waals surface area contributed by atoms with E-state index >= 15 is 0 Å². The minimum atomic E-state index is -0.709. The molecular formula is C15H14ClNO3. The lowest BCUT2D eigenvalue weighted by atomic mass is 10.1. The first-order chi connectivity index (χ1) is 9.49. The lowest BCUT2D eigenvalue weighted by Crippen LogP contribution is -2.14. The quantitative estimate of drug-likeness (QED) is 0.812. The van der Waals surface area contributed by atoms with Crippen LogP contribution in [0.2, 0.25) is 5.02 Å². The van der Waals surface area contributed by atoms with Gasteiger partial charge in [-0.25, -0.2) is 0 Å². The second-order valence-corrected chi connectivity index (χ2v) is 4.82. The van der Waals surface area contributed by atoms with Crippen molar-refractivity contribution in [2.75, 3.05) is 5.32 Å². The Morgan fingerprint density at radius 3 is 2.65 bits per heavy atom. The molecule has 1 unspecified atom stereocenters. The van der Waals surface area contributed by atoms with Gasteiger partial charge in [0, 0.05) is 16.3 Å². The fourth-order valence-electron chi connectivity index (χ4n) is 1.85. The first-order valence-electron chi connectivity index (χ1n) is 6.06. The number of carbonyl (C=O) groups excluding carboxylic acids is 1. The number of rotatable bonds is 3. The number of halogens is 1. The van der Waals surface area contributed by atoms with Crippen molar-refractivity contribution < 1.29 is 15.0 Å². The third kappa shape index (κ3) is 3.10. The highest BCUT2D eigenvalue weighted by Crippen LogP contribution is 2.26. The normalized spacial score (nSPS) is 11.9. The monoisotopic (exact) mass is 291 g/mol. The minimum Gasteiger partial charge on any atom is -0.507 e. The van der Waals surface area contributed by atoms with E-state index in [2.05, 4.69) is 5.32 Å². The van der Waals surface area contributed by atoms with Crippen LogP contribution in [0.4, 0.5) is 5.69 Å². The summed E-state index contributed by atoms with van der Waals surface area (Å²) in [6, 6.07) is 11.2. The molecule has 0 saturated carbocycles. The number of carbonyl (C=O) groups is 1. The van der Waals surface area contributed by atoms with Crippen molar-refractivity contribution in [2.24, 2.45) is 0 Å². The summed E-state index contributed by atoms with van der Waals surface area (Å²) in [6.45, 7) is 1.61. The number of anilines is 1. The number of nitrogens with one attached hydrogen (secondary N) is 1. The maximum Gasteiger partial charge on any atom is 0.259 e. The Morgan fingerprint density at radius 2 is 1.95 bits per heavy atom. The number of hydrogen-bond acceptors (Lipinski definition) is 3.